The number of carbonyl (C=O) groups is 3. The standard InChI is InChI=1S/C38H37ClN4O5/c1-24(6-4-11-35(45)42-22-28-9-3-2-8-27(28)19-32(42)23-44)38(48)33-20-29(39)14-17-34(33)43(37(38)47)21-25-7-5-10-31(18-25)41-36(46)26-12-15-30(40)16-13-26/h2-10,12-18,20,24,32,44,48H,11,19,21-23,40H2,1H3,(H,41,46)/b6-4+/t24-,32+,38+/m1/s1. The Hall–Kier alpha value is -4.96. The Morgan fingerprint density at radius 1 is 1.04 bits per heavy atom. The van der Waals surface area contributed by atoms with Gasteiger partial charge in [0.25, 0.3) is 11.8 Å². The summed E-state index contributed by atoms with van der Waals surface area (Å²) in [7, 11) is 0. The average Bonchev–Trinajstić information content (AvgIpc) is 3.29. The van der Waals surface area contributed by atoms with E-state index < -0.39 is 17.4 Å². The van der Waals surface area contributed by atoms with Crippen LogP contribution in [0.15, 0.2) is 103 Å². The van der Waals surface area contributed by atoms with E-state index in [1.807, 2.05) is 30.3 Å². The van der Waals surface area contributed by atoms with Crippen molar-refractivity contribution in [2.24, 2.45) is 5.92 Å². The van der Waals surface area contributed by atoms with Crippen LogP contribution in [0.2, 0.25) is 5.02 Å². The number of hydrogen-bond acceptors (Lipinski definition) is 6. The fourth-order valence-electron chi connectivity index (χ4n) is 6.52. The molecule has 10 heteroatoms. The highest BCUT2D eigenvalue weighted by atomic mass is 35.5. The highest BCUT2D eigenvalue weighted by molar-refractivity contribution is 6.31. The largest absolute Gasteiger partial charge is 0.399 e. The van der Waals surface area contributed by atoms with Gasteiger partial charge in [-0.1, -0.05) is 67.1 Å². The second-order valence-corrected chi connectivity index (χ2v) is 12.8. The Balaban J connectivity index is 1.18. The molecule has 4 aromatic rings. The van der Waals surface area contributed by atoms with Gasteiger partial charge in [0, 0.05) is 46.4 Å². The molecule has 6 rings (SSSR count). The third-order valence-corrected chi connectivity index (χ3v) is 9.43. The molecule has 0 aliphatic carbocycles. The molecule has 0 aromatic heterocycles. The van der Waals surface area contributed by atoms with Crippen LogP contribution >= 0.6 is 11.6 Å². The van der Waals surface area contributed by atoms with E-state index >= 15 is 0 Å². The van der Waals surface area contributed by atoms with E-state index in [1.165, 1.54) is 4.90 Å². The normalized spacial score (nSPS) is 19.2. The molecule has 0 unspecified atom stereocenters. The number of fused-ring (bicyclic) bond motifs is 2. The number of hydrogen-bond donors (Lipinski definition) is 4. The summed E-state index contributed by atoms with van der Waals surface area (Å²) in [6.45, 7) is 2.14. The Kier molecular flexibility index (Phi) is 9.37. The van der Waals surface area contributed by atoms with Gasteiger partial charge in [-0.15, -0.1) is 0 Å². The number of aliphatic hydroxyl groups is 2. The van der Waals surface area contributed by atoms with E-state index in [1.54, 1.807) is 84.6 Å². The maximum atomic E-state index is 14.1. The molecule has 0 radical (unpaired) electrons. The average molecular weight is 665 g/mol. The van der Waals surface area contributed by atoms with E-state index in [4.69, 9.17) is 17.3 Å². The van der Waals surface area contributed by atoms with Crippen molar-refractivity contribution in [2.75, 3.05) is 22.6 Å². The topological polar surface area (TPSA) is 136 Å². The van der Waals surface area contributed by atoms with Crippen LogP contribution in [0.3, 0.4) is 0 Å². The minimum atomic E-state index is -1.93. The summed E-state index contributed by atoms with van der Waals surface area (Å²) in [5, 5.41) is 25.3. The molecule has 0 fully saturated rings. The van der Waals surface area contributed by atoms with Gasteiger partial charge in [0.1, 0.15) is 0 Å². The number of nitrogen functional groups attached to an aromatic ring is 1. The van der Waals surface area contributed by atoms with Gasteiger partial charge in [-0.05, 0) is 77.7 Å². The molecule has 5 N–H and O–H groups in total. The van der Waals surface area contributed by atoms with Crippen molar-refractivity contribution in [3.8, 4) is 0 Å². The Labute approximate surface area is 284 Å². The van der Waals surface area contributed by atoms with Crippen LogP contribution in [-0.4, -0.2) is 45.5 Å². The monoisotopic (exact) mass is 664 g/mol. The number of carbonyl (C=O) groups excluding carboxylic acids is 3. The number of anilines is 3. The summed E-state index contributed by atoms with van der Waals surface area (Å²) in [4.78, 5) is 43.4. The quantitative estimate of drug-likeness (QED) is 0.139. The predicted octanol–water partition coefficient (Wildman–Crippen LogP) is 5.44. The third-order valence-electron chi connectivity index (χ3n) is 9.19. The third kappa shape index (κ3) is 6.44. The highest BCUT2D eigenvalue weighted by Crippen LogP contribution is 2.46. The van der Waals surface area contributed by atoms with Crippen LogP contribution in [0, 0.1) is 5.92 Å². The number of benzene rings is 4. The Bertz CT molecular complexity index is 1890. The molecule has 2 heterocycles. The number of nitrogens with one attached hydrogen (secondary N) is 1. The molecule has 0 saturated carbocycles. The lowest BCUT2D eigenvalue weighted by atomic mass is 9.83. The van der Waals surface area contributed by atoms with Crippen molar-refractivity contribution in [3.63, 3.8) is 0 Å². The number of amides is 3. The zero-order valence-electron chi connectivity index (χ0n) is 26.5. The molecular formula is C38H37ClN4O5. The lowest BCUT2D eigenvalue weighted by Crippen LogP contribution is -2.46. The van der Waals surface area contributed by atoms with Gasteiger partial charge >= 0.3 is 0 Å². The minimum absolute atomic E-state index is 0.0499. The van der Waals surface area contributed by atoms with Gasteiger partial charge in [0.05, 0.1) is 24.9 Å². The molecule has 246 valence electrons. The SMILES string of the molecule is C[C@H](/C=C/CC(=O)N1Cc2ccccc2C[C@H]1CO)[C@@]1(O)C(=O)N(Cc2cccc(NC(=O)c3ccc(N)cc3)c2)c2ccc(Cl)cc21. The summed E-state index contributed by atoms with van der Waals surface area (Å²) in [5.74, 6) is -1.67. The number of nitrogens with two attached hydrogens (primary N) is 1. The van der Waals surface area contributed by atoms with Crippen molar-refractivity contribution < 1.29 is 24.6 Å². The van der Waals surface area contributed by atoms with E-state index in [0.717, 1.165) is 16.7 Å². The molecule has 0 saturated heterocycles. The Morgan fingerprint density at radius 2 is 1.79 bits per heavy atom. The van der Waals surface area contributed by atoms with E-state index in [0.29, 0.717) is 46.2 Å². The molecule has 0 spiro atoms. The highest BCUT2D eigenvalue weighted by Gasteiger charge is 2.52. The van der Waals surface area contributed by atoms with Gasteiger partial charge < -0.3 is 31.1 Å². The van der Waals surface area contributed by atoms with Crippen molar-refractivity contribution >= 4 is 46.4 Å². The van der Waals surface area contributed by atoms with Gasteiger partial charge in [-0.25, -0.2) is 0 Å². The van der Waals surface area contributed by atoms with Crippen LogP contribution in [0.25, 0.3) is 0 Å². The second-order valence-electron chi connectivity index (χ2n) is 12.3. The molecule has 48 heavy (non-hydrogen) atoms. The number of rotatable bonds is 9. The molecule has 0 bridgehead atoms. The van der Waals surface area contributed by atoms with Gasteiger partial charge in [0.15, 0.2) is 5.60 Å². The first kappa shape index (κ1) is 33.0. The van der Waals surface area contributed by atoms with Gasteiger partial charge in [-0.3, -0.25) is 14.4 Å². The number of nitrogens with zero attached hydrogens (tertiary/aromatic N) is 2. The molecule has 2 aliphatic heterocycles. The first-order chi connectivity index (χ1) is 23.1. The van der Waals surface area contributed by atoms with Crippen molar-refractivity contribution in [1.29, 1.82) is 0 Å². The van der Waals surface area contributed by atoms with E-state index in [-0.39, 0.29) is 37.4 Å². The number of aliphatic hydroxyl groups excluding tert-OH is 1. The van der Waals surface area contributed by atoms with E-state index in [9.17, 15) is 24.6 Å². The smallest absolute Gasteiger partial charge is 0.264 e. The van der Waals surface area contributed by atoms with Crippen LogP contribution < -0.4 is 16.0 Å². The maximum absolute atomic E-state index is 14.1. The minimum Gasteiger partial charge on any atom is -0.399 e. The second kappa shape index (κ2) is 13.6. The fourth-order valence-corrected chi connectivity index (χ4v) is 6.69. The van der Waals surface area contributed by atoms with Crippen molar-refractivity contribution in [3.05, 3.63) is 136 Å². The zero-order chi connectivity index (χ0) is 34.0. The number of halogens is 1. The molecule has 4 aromatic carbocycles. The van der Waals surface area contributed by atoms with Crippen molar-refractivity contribution in [2.45, 2.75) is 44.5 Å². The first-order valence-electron chi connectivity index (χ1n) is 15.8. The molecule has 2 aliphatic rings. The summed E-state index contributed by atoms with van der Waals surface area (Å²) >= 11 is 6.36. The molecule has 3 atom stereocenters. The summed E-state index contributed by atoms with van der Waals surface area (Å²) < 4.78 is 0. The molecular weight excluding hydrogens is 628 g/mol. The molecule has 9 nitrogen and oxygen atoms in total. The molecule has 3 amide bonds. The first-order valence-corrected chi connectivity index (χ1v) is 16.2. The lowest BCUT2D eigenvalue weighted by molar-refractivity contribution is -0.139. The van der Waals surface area contributed by atoms with Crippen LogP contribution in [-0.2, 0) is 34.7 Å². The summed E-state index contributed by atoms with van der Waals surface area (Å²) in [6, 6.07) is 26.3. The summed E-state index contributed by atoms with van der Waals surface area (Å²) in [5.41, 5.74) is 9.20. The summed E-state index contributed by atoms with van der Waals surface area (Å²) in [6.07, 6.45) is 3.99. The van der Waals surface area contributed by atoms with Crippen LogP contribution in [0.4, 0.5) is 17.1 Å². The van der Waals surface area contributed by atoms with Crippen molar-refractivity contribution in [1.82, 2.24) is 4.90 Å². The van der Waals surface area contributed by atoms with E-state index in [2.05, 4.69) is 5.32 Å². The van der Waals surface area contributed by atoms with Gasteiger partial charge in [-0.2, -0.15) is 0 Å². The zero-order valence-corrected chi connectivity index (χ0v) is 27.2. The maximum Gasteiger partial charge on any atom is 0.264 e. The van der Waals surface area contributed by atoms with Gasteiger partial charge in [0.2, 0.25) is 5.91 Å². The Morgan fingerprint density at radius 3 is 2.54 bits per heavy atom. The lowest BCUT2D eigenvalue weighted by Gasteiger charge is -2.36. The predicted molar refractivity (Wildman–Crippen MR) is 186 cm³/mol. The van der Waals surface area contributed by atoms with Crippen LogP contribution in [0.1, 0.15) is 46.0 Å². The van der Waals surface area contributed by atoms with Crippen LogP contribution in [0.5, 0.6) is 0 Å². The fraction of sp³-hybridized carbons (Fsp3) is 0.237.